The number of hydrogen-bond acceptors (Lipinski definition) is 18. The molecular formula is C44H61FN9O16S2+. The zero-order chi connectivity index (χ0) is 54.1. The van der Waals surface area contributed by atoms with Crippen molar-refractivity contribution in [3.05, 3.63) is 53.9 Å². The first-order valence-electron chi connectivity index (χ1n) is 22.0. The molecule has 0 radical (unpaired) electrons. The summed E-state index contributed by atoms with van der Waals surface area (Å²) in [6.07, 6.45) is -0.740. The van der Waals surface area contributed by atoms with Crippen molar-refractivity contribution in [1.29, 1.82) is 0 Å². The number of amides is 5. The van der Waals surface area contributed by atoms with Gasteiger partial charge in [-0.1, -0.05) is 17.8 Å². The van der Waals surface area contributed by atoms with Crippen LogP contribution in [0.25, 0.3) is 11.1 Å². The van der Waals surface area contributed by atoms with Gasteiger partial charge in [-0.25, -0.2) is 28.6 Å². The minimum absolute atomic E-state index is 0.00683. The van der Waals surface area contributed by atoms with E-state index in [0.29, 0.717) is 18.0 Å². The number of hydrogen-bond donors (Lipinski definition) is 5. The highest BCUT2D eigenvalue weighted by Crippen LogP contribution is 2.34. The number of anilines is 2. The van der Waals surface area contributed by atoms with Gasteiger partial charge in [0.1, 0.15) is 53.3 Å². The molecule has 0 bridgehead atoms. The van der Waals surface area contributed by atoms with Gasteiger partial charge in [0.05, 0.1) is 18.2 Å². The molecule has 5 N–H and O–H groups in total. The third-order valence-corrected chi connectivity index (χ3v) is 10.4. The SMILES string of the molecule is C=CCOC(=O)Nc1c(-c2ccc(OCC(O/N=C(\C(=O)NC3C(=O)N(OS(=O)(=O)O)C3(C)C)c3csc(NC(=O)OC(C)(C)C)n3)C(=O)OC(C)(C)C)cc2F)c[n+](CCCNC(=O)OC(C)(C)C)n1C. The highest BCUT2D eigenvalue weighted by atomic mass is 32.3. The summed E-state index contributed by atoms with van der Waals surface area (Å²) in [6, 6.07) is 2.27. The molecular weight excluding hydrogens is 994 g/mol. The predicted molar refractivity (Wildman–Crippen MR) is 255 cm³/mol. The van der Waals surface area contributed by atoms with Crippen LogP contribution in [0, 0.1) is 5.82 Å². The minimum atomic E-state index is -5.14. The summed E-state index contributed by atoms with van der Waals surface area (Å²) in [5.41, 5.74) is -4.90. The number of alkyl carbamates (subject to hydrolysis) is 1. The number of aryl methyl sites for hydroxylation is 1. The number of nitrogens with one attached hydrogen (secondary N) is 4. The number of thiazole rings is 1. The molecule has 72 heavy (non-hydrogen) atoms. The quantitative estimate of drug-likeness (QED) is 0.0115. The van der Waals surface area contributed by atoms with Gasteiger partial charge >= 0.3 is 34.6 Å². The highest BCUT2D eigenvalue weighted by molar-refractivity contribution is 7.80. The molecule has 396 valence electrons. The third kappa shape index (κ3) is 16.9. The second kappa shape index (κ2) is 23.1. The van der Waals surface area contributed by atoms with Crippen LogP contribution in [0.2, 0.25) is 0 Å². The van der Waals surface area contributed by atoms with Crippen molar-refractivity contribution in [2.24, 2.45) is 12.2 Å². The van der Waals surface area contributed by atoms with E-state index in [1.807, 2.05) is 0 Å². The number of ether oxygens (including phenoxy) is 5. The number of esters is 1. The van der Waals surface area contributed by atoms with Crippen molar-refractivity contribution in [2.75, 3.05) is 30.4 Å². The number of rotatable bonds is 20. The summed E-state index contributed by atoms with van der Waals surface area (Å²) < 4.78 is 82.8. The van der Waals surface area contributed by atoms with Crippen LogP contribution in [0.15, 0.2) is 47.6 Å². The number of benzene rings is 1. The fraction of sp³-hybridized carbons (Fsp3) is 0.523. The smallest absolute Gasteiger partial charge is 0.418 e. The number of carbonyl (C=O) groups is 6. The van der Waals surface area contributed by atoms with Gasteiger partial charge in [0.25, 0.3) is 17.9 Å². The zero-order valence-electron chi connectivity index (χ0n) is 41.9. The molecule has 2 unspecified atom stereocenters. The molecule has 1 aliphatic rings. The molecule has 25 nitrogen and oxygen atoms in total. The van der Waals surface area contributed by atoms with Crippen LogP contribution < -0.4 is 30.7 Å². The van der Waals surface area contributed by atoms with Crippen molar-refractivity contribution in [3.63, 3.8) is 0 Å². The third-order valence-electron chi connectivity index (χ3n) is 9.29. The fourth-order valence-electron chi connectivity index (χ4n) is 6.23. The topological polar surface area (TPSA) is 307 Å². The molecule has 4 rings (SSSR count). The van der Waals surface area contributed by atoms with Crippen molar-refractivity contribution in [1.82, 2.24) is 25.4 Å². The molecule has 1 aromatic carbocycles. The molecule has 1 fully saturated rings. The Labute approximate surface area is 419 Å². The highest BCUT2D eigenvalue weighted by Gasteiger charge is 2.58. The average molecular weight is 1060 g/mol. The van der Waals surface area contributed by atoms with Gasteiger partial charge in [-0.15, -0.1) is 25.0 Å². The molecule has 1 saturated heterocycles. The van der Waals surface area contributed by atoms with Crippen LogP contribution >= 0.6 is 11.3 Å². The molecule has 3 aromatic rings. The van der Waals surface area contributed by atoms with E-state index in [2.05, 4.69) is 42.3 Å². The first-order valence-corrected chi connectivity index (χ1v) is 24.2. The maximum atomic E-state index is 16.2. The van der Waals surface area contributed by atoms with E-state index < -0.39 is 99.1 Å². The first-order chi connectivity index (χ1) is 33.2. The minimum Gasteiger partial charge on any atom is -0.489 e. The number of halogens is 1. The maximum absolute atomic E-state index is 16.2. The van der Waals surface area contributed by atoms with E-state index in [4.69, 9.17) is 28.5 Å². The predicted octanol–water partition coefficient (Wildman–Crippen LogP) is 4.92. The van der Waals surface area contributed by atoms with Crippen LogP contribution in [0.5, 0.6) is 5.75 Å². The molecule has 1 aliphatic heterocycles. The normalized spacial score (nSPS) is 15.3. The second-order valence-corrected chi connectivity index (χ2v) is 21.1. The van der Waals surface area contributed by atoms with Crippen molar-refractivity contribution < 1.29 is 83.6 Å². The molecule has 28 heteroatoms. The summed E-state index contributed by atoms with van der Waals surface area (Å²) in [5, 5.41) is 15.6. The monoisotopic (exact) mass is 1050 g/mol. The number of oxime groups is 1. The number of hydroxylamine groups is 2. The molecule has 5 amide bonds. The maximum Gasteiger partial charge on any atom is 0.418 e. The molecule has 0 aliphatic carbocycles. The van der Waals surface area contributed by atoms with Crippen molar-refractivity contribution in [2.45, 2.75) is 124 Å². The second-order valence-electron chi connectivity index (χ2n) is 19.3. The Hall–Kier alpha value is -6.91. The van der Waals surface area contributed by atoms with Crippen LogP contribution in [0.3, 0.4) is 0 Å². The standard InChI is InChI=1S/C44H60FN9O16S2/c1-14-20-64-39(59)49-33-27(22-53(52(33)13)19-15-18-46-38(58)67-42(5,6)7)26-17-16-25(21-28(26)45)65-23-30(36(57)66-41(2,3)4)69-51-31(29-24-71-37(47-29)50-40(60)68-43(8,9)10)34(55)48-32-35(56)54(44(32,11)12)70-72(61,62)63/h14,16-17,21-22,24,30,32H,1,15,18-20,23H2,2-13H3,(H4,46,47,48,50,55,58,60,61,62,63)/p+1/b51-31-. The Kier molecular flexibility index (Phi) is 18.5. The van der Waals surface area contributed by atoms with E-state index in [0.717, 1.165) is 17.4 Å². The van der Waals surface area contributed by atoms with E-state index in [-0.39, 0.29) is 46.7 Å². The lowest BCUT2D eigenvalue weighted by atomic mass is 9.84. The van der Waals surface area contributed by atoms with E-state index in [1.165, 1.54) is 37.4 Å². The van der Waals surface area contributed by atoms with Crippen LogP contribution in [-0.2, 0) is 66.4 Å². The average Bonchev–Trinajstić information content (AvgIpc) is 3.81. The lowest BCUT2D eigenvalue weighted by molar-refractivity contribution is -0.772. The fourth-order valence-corrected chi connectivity index (χ4v) is 7.36. The Bertz CT molecular complexity index is 2670. The van der Waals surface area contributed by atoms with Crippen LogP contribution in [-0.4, -0.2) is 124 Å². The number of β-lactam (4-membered cyclic amide) rings is 1. The van der Waals surface area contributed by atoms with E-state index >= 15 is 4.39 Å². The molecule has 2 aromatic heterocycles. The summed E-state index contributed by atoms with van der Waals surface area (Å²) >= 11 is 0.835. The Balaban J connectivity index is 1.65. The summed E-state index contributed by atoms with van der Waals surface area (Å²) in [5.74, 6) is -4.08. The number of aromatic nitrogens is 3. The lowest BCUT2D eigenvalue weighted by Crippen LogP contribution is -2.76. The van der Waals surface area contributed by atoms with Gasteiger partial charge in [-0.05, 0) is 88.3 Å². The van der Waals surface area contributed by atoms with Gasteiger partial charge in [-0.3, -0.25) is 24.8 Å². The van der Waals surface area contributed by atoms with Gasteiger partial charge in [-0.2, -0.15) is 13.5 Å². The summed E-state index contributed by atoms with van der Waals surface area (Å²) in [4.78, 5) is 87.8. The van der Waals surface area contributed by atoms with Crippen LogP contribution in [0.4, 0.5) is 29.7 Å². The van der Waals surface area contributed by atoms with Crippen LogP contribution in [0.1, 0.15) is 88.3 Å². The van der Waals surface area contributed by atoms with E-state index in [9.17, 15) is 41.7 Å². The summed E-state index contributed by atoms with van der Waals surface area (Å²) in [7, 11) is -3.52. The molecule has 0 spiro atoms. The Morgan fingerprint density at radius 3 is 2.21 bits per heavy atom. The summed E-state index contributed by atoms with van der Waals surface area (Å²) in [6.45, 7) is 20.7. The van der Waals surface area contributed by atoms with Crippen molar-refractivity contribution >= 4 is 74.5 Å². The largest absolute Gasteiger partial charge is 0.489 e. The zero-order valence-corrected chi connectivity index (χ0v) is 43.5. The molecule has 3 heterocycles. The van der Waals surface area contributed by atoms with Gasteiger partial charge in [0.15, 0.2) is 23.2 Å². The van der Waals surface area contributed by atoms with Crippen molar-refractivity contribution in [3.8, 4) is 16.9 Å². The lowest BCUT2D eigenvalue weighted by Gasteiger charge is -2.50. The molecule has 2 atom stereocenters. The number of nitrogens with zero attached hydrogens (tertiary/aromatic N) is 5. The van der Waals surface area contributed by atoms with Gasteiger partial charge in [0.2, 0.25) is 6.20 Å². The van der Waals surface area contributed by atoms with Gasteiger partial charge in [0, 0.05) is 30.0 Å². The Morgan fingerprint density at radius 1 is 0.986 bits per heavy atom. The van der Waals surface area contributed by atoms with Gasteiger partial charge < -0.3 is 39.2 Å². The van der Waals surface area contributed by atoms with E-state index in [1.54, 1.807) is 84.9 Å². The Morgan fingerprint density at radius 2 is 1.62 bits per heavy atom. The number of carbonyl (C=O) groups excluding carboxylic acids is 6. The molecule has 0 saturated carbocycles. The first kappa shape index (κ1) is 57.7.